The van der Waals surface area contributed by atoms with Crippen LogP contribution in [-0.4, -0.2) is 5.91 Å². The molecule has 0 aliphatic heterocycles. The Bertz CT molecular complexity index is 558. The number of amides is 1. The van der Waals surface area contributed by atoms with Crippen molar-refractivity contribution >= 4 is 17.5 Å². The lowest BCUT2D eigenvalue weighted by Gasteiger charge is -2.10. The summed E-state index contributed by atoms with van der Waals surface area (Å²) in [6.07, 6.45) is 0. The monoisotopic (exact) mass is 262 g/mol. The van der Waals surface area contributed by atoms with Crippen molar-refractivity contribution in [2.24, 2.45) is 5.84 Å². The molecule has 2 aromatic rings. The van der Waals surface area contributed by atoms with Crippen molar-refractivity contribution < 1.29 is 9.53 Å². The summed E-state index contributed by atoms with van der Waals surface area (Å²) in [6, 6.07) is 13.8. The lowest BCUT2D eigenvalue weighted by atomic mass is 10.2. The van der Waals surface area contributed by atoms with E-state index in [1.54, 1.807) is 30.3 Å². The van der Waals surface area contributed by atoms with Crippen LogP contribution in [0.2, 0.25) is 5.02 Å². The van der Waals surface area contributed by atoms with E-state index in [4.69, 9.17) is 22.2 Å². The maximum Gasteiger partial charge on any atom is 0.268 e. The van der Waals surface area contributed by atoms with Crippen LogP contribution in [-0.2, 0) is 0 Å². The van der Waals surface area contributed by atoms with Crippen molar-refractivity contribution in [3.05, 3.63) is 59.1 Å². The second-order valence-electron chi connectivity index (χ2n) is 3.53. The quantitative estimate of drug-likeness (QED) is 0.508. The van der Waals surface area contributed by atoms with Gasteiger partial charge < -0.3 is 4.74 Å². The van der Waals surface area contributed by atoms with Gasteiger partial charge in [-0.05, 0) is 24.3 Å². The standard InChI is InChI=1S/C13H11ClN2O2/c14-9-6-7-11(13(17)16-15)12(8-9)18-10-4-2-1-3-5-10/h1-8H,15H2,(H,16,17). The van der Waals surface area contributed by atoms with Crippen molar-refractivity contribution in [3.63, 3.8) is 0 Å². The molecule has 1 amide bonds. The number of para-hydroxylation sites is 1. The predicted octanol–water partition coefficient (Wildman–Crippen LogP) is 2.74. The van der Waals surface area contributed by atoms with E-state index >= 15 is 0 Å². The molecule has 2 rings (SSSR count). The van der Waals surface area contributed by atoms with Crippen LogP contribution in [0.1, 0.15) is 10.4 Å². The number of ether oxygens (including phenoxy) is 1. The predicted molar refractivity (Wildman–Crippen MR) is 69.6 cm³/mol. The van der Waals surface area contributed by atoms with Gasteiger partial charge in [0.1, 0.15) is 11.5 Å². The van der Waals surface area contributed by atoms with Gasteiger partial charge in [-0.2, -0.15) is 0 Å². The lowest BCUT2D eigenvalue weighted by Crippen LogP contribution is -2.30. The summed E-state index contributed by atoms with van der Waals surface area (Å²) < 4.78 is 5.61. The molecule has 0 unspecified atom stereocenters. The Morgan fingerprint density at radius 3 is 2.56 bits per heavy atom. The van der Waals surface area contributed by atoms with Gasteiger partial charge in [-0.1, -0.05) is 29.8 Å². The van der Waals surface area contributed by atoms with Crippen molar-refractivity contribution in [2.45, 2.75) is 0 Å². The van der Waals surface area contributed by atoms with Crippen LogP contribution in [0.5, 0.6) is 11.5 Å². The first kappa shape index (κ1) is 12.4. The smallest absolute Gasteiger partial charge is 0.268 e. The van der Waals surface area contributed by atoms with Crippen LogP contribution in [0, 0.1) is 0 Å². The summed E-state index contributed by atoms with van der Waals surface area (Å²) >= 11 is 5.89. The summed E-state index contributed by atoms with van der Waals surface area (Å²) in [4.78, 5) is 11.6. The number of hydrazine groups is 1. The van der Waals surface area contributed by atoms with Gasteiger partial charge in [-0.25, -0.2) is 5.84 Å². The summed E-state index contributed by atoms with van der Waals surface area (Å²) in [7, 11) is 0. The molecule has 0 aromatic heterocycles. The Kier molecular flexibility index (Phi) is 3.82. The molecule has 3 N–H and O–H groups in total. The Labute approximate surface area is 109 Å². The van der Waals surface area contributed by atoms with E-state index in [0.717, 1.165) is 0 Å². The number of nitrogens with one attached hydrogen (secondary N) is 1. The molecule has 0 aliphatic carbocycles. The molecule has 0 aliphatic rings. The van der Waals surface area contributed by atoms with E-state index in [9.17, 15) is 4.79 Å². The van der Waals surface area contributed by atoms with Gasteiger partial charge in [0.05, 0.1) is 5.56 Å². The van der Waals surface area contributed by atoms with Crippen molar-refractivity contribution in [1.82, 2.24) is 5.43 Å². The minimum atomic E-state index is -0.433. The summed E-state index contributed by atoms with van der Waals surface area (Å²) in [6.45, 7) is 0. The molecule has 2 aromatic carbocycles. The second-order valence-corrected chi connectivity index (χ2v) is 3.97. The average molecular weight is 263 g/mol. The van der Waals surface area contributed by atoms with Gasteiger partial charge in [0, 0.05) is 11.1 Å². The molecular formula is C13H11ClN2O2. The minimum absolute atomic E-state index is 0.325. The van der Waals surface area contributed by atoms with Crippen LogP contribution < -0.4 is 16.0 Å². The highest BCUT2D eigenvalue weighted by molar-refractivity contribution is 6.30. The van der Waals surface area contributed by atoms with E-state index < -0.39 is 5.91 Å². The minimum Gasteiger partial charge on any atom is -0.456 e. The summed E-state index contributed by atoms with van der Waals surface area (Å²) in [5.74, 6) is 5.66. The molecular weight excluding hydrogens is 252 g/mol. The van der Waals surface area contributed by atoms with Crippen LogP contribution in [0.25, 0.3) is 0 Å². The fourth-order valence-electron chi connectivity index (χ4n) is 1.46. The number of rotatable bonds is 3. The number of hydrogen-bond acceptors (Lipinski definition) is 3. The van der Waals surface area contributed by atoms with Gasteiger partial charge in [-0.3, -0.25) is 10.2 Å². The Morgan fingerprint density at radius 2 is 1.89 bits per heavy atom. The molecule has 0 saturated heterocycles. The maximum absolute atomic E-state index is 11.6. The number of halogens is 1. The first-order valence-corrected chi connectivity index (χ1v) is 5.62. The number of carbonyl (C=O) groups excluding carboxylic acids is 1. The van der Waals surface area contributed by atoms with Crippen molar-refractivity contribution in [2.75, 3.05) is 0 Å². The zero-order valence-corrected chi connectivity index (χ0v) is 10.1. The number of hydrogen-bond donors (Lipinski definition) is 2. The largest absolute Gasteiger partial charge is 0.456 e. The second kappa shape index (κ2) is 5.53. The third-order valence-electron chi connectivity index (χ3n) is 2.29. The average Bonchev–Trinajstić information content (AvgIpc) is 2.39. The van der Waals surface area contributed by atoms with E-state index in [1.165, 1.54) is 0 Å². The van der Waals surface area contributed by atoms with Gasteiger partial charge in [0.25, 0.3) is 5.91 Å². The first-order chi connectivity index (χ1) is 8.70. The topological polar surface area (TPSA) is 64.3 Å². The number of nitrogen functional groups attached to an aromatic ring is 1. The van der Waals surface area contributed by atoms with Gasteiger partial charge in [0.2, 0.25) is 0 Å². The zero-order chi connectivity index (χ0) is 13.0. The number of carbonyl (C=O) groups is 1. The van der Waals surface area contributed by atoms with E-state index in [1.807, 2.05) is 18.2 Å². The van der Waals surface area contributed by atoms with Crippen molar-refractivity contribution in [1.29, 1.82) is 0 Å². The molecule has 0 heterocycles. The molecule has 18 heavy (non-hydrogen) atoms. The first-order valence-electron chi connectivity index (χ1n) is 5.24. The van der Waals surface area contributed by atoms with E-state index in [2.05, 4.69) is 5.43 Å². The molecule has 0 spiro atoms. The van der Waals surface area contributed by atoms with Crippen molar-refractivity contribution in [3.8, 4) is 11.5 Å². The highest BCUT2D eigenvalue weighted by Gasteiger charge is 2.12. The summed E-state index contributed by atoms with van der Waals surface area (Å²) in [5.41, 5.74) is 2.39. The molecule has 92 valence electrons. The molecule has 0 radical (unpaired) electrons. The fraction of sp³-hybridized carbons (Fsp3) is 0. The molecule has 0 fully saturated rings. The lowest BCUT2D eigenvalue weighted by molar-refractivity contribution is 0.0951. The molecule has 0 saturated carbocycles. The Balaban J connectivity index is 2.36. The van der Waals surface area contributed by atoms with Crippen LogP contribution in [0.15, 0.2) is 48.5 Å². The molecule has 0 atom stereocenters. The highest BCUT2D eigenvalue weighted by Crippen LogP contribution is 2.28. The summed E-state index contributed by atoms with van der Waals surface area (Å²) in [5, 5.41) is 0.481. The third kappa shape index (κ3) is 2.80. The van der Waals surface area contributed by atoms with E-state index in [0.29, 0.717) is 22.1 Å². The normalized spacial score (nSPS) is 9.89. The number of benzene rings is 2. The zero-order valence-electron chi connectivity index (χ0n) is 9.39. The fourth-order valence-corrected chi connectivity index (χ4v) is 1.62. The van der Waals surface area contributed by atoms with E-state index in [-0.39, 0.29) is 0 Å². The van der Waals surface area contributed by atoms with Crippen LogP contribution >= 0.6 is 11.6 Å². The van der Waals surface area contributed by atoms with Gasteiger partial charge in [0.15, 0.2) is 0 Å². The van der Waals surface area contributed by atoms with Gasteiger partial charge >= 0.3 is 0 Å². The highest BCUT2D eigenvalue weighted by atomic mass is 35.5. The number of nitrogens with two attached hydrogens (primary N) is 1. The molecule has 5 heteroatoms. The molecule has 0 bridgehead atoms. The SMILES string of the molecule is NNC(=O)c1ccc(Cl)cc1Oc1ccccc1. The van der Waals surface area contributed by atoms with Crippen LogP contribution in [0.4, 0.5) is 0 Å². The molecule has 4 nitrogen and oxygen atoms in total. The Morgan fingerprint density at radius 1 is 1.17 bits per heavy atom. The third-order valence-corrected chi connectivity index (χ3v) is 2.53. The van der Waals surface area contributed by atoms with Crippen LogP contribution in [0.3, 0.4) is 0 Å². The Hall–Kier alpha value is -2.04. The van der Waals surface area contributed by atoms with Gasteiger partial charge in [-0.15, -0.1) is 0 Å². The maximum atomic E-state index is 11.6.